The van der Waals surface area contributed by atoms with Gasteiger partial charge in [0.1, 0.15) is 5.69 Å². The van der Waals surface area contributed by atoms with Gasteiger partial charge in [-0.15, -0.1) is 0 Å². The van der Waals surface area contributed by atoms with Crippen molar-refractivity contribution in [2.75, 3.05) is 5.32 Å². The minimum atomic E-state index is -4.56. The molecule has 0 fully saturated rings. The van der Waals surface area contributed by atoms with E-state index < -0.39 is 23.2 Å². The van der Waals surface area contributed by atoms with Crippen LogP contribution < -0.4 is 10.9 Å². The minimum Gasteiger partial charge on any atom is -0.319 e. The Bertz CT molecular complexity index is 787. The predicted molar refractivity (Wildman–Crippen MR) is 73.9 cm³/mol. The first-order chi connectivity index (χ1) is 10.2. The number of alkyl halides is 3. The van der Waals surface area contributed by atoms with Crippen molar-refractivity contribution in [3.63, 3.8) is 0 Å². The summed E-state index contributed by atoms with van der Waals surface area (Å²) in [5.74, 6) is -0.781. The second kappa shape index (κ2) is 5.80. The molecule has 0 saturated heterocycles. The van der Waals surface area contributed by atoms with Crippen molar-refractivity contribution in [1.82, 2.24) is 9.78 Å². The van der Waals surface area contributed by atoms with E-state index in [1.165, 1.54) is 13.1 Å². The number of nitrogens with zero attached hydrogens (tertiary/aromatic N) is 2. The lowest BCUT2D eigenvalue weighted by atomic mass is 10.2. The predicted octanol–water partition coefficient (Wildman–Crippen LogP) is 2.70. The second-order valence-corrected chi connectivity index (χ2v) is 4.73. The zero-order chi connectivity index (χ0) is 16.5. The van der Waals surface area contributed by atoms with Crippen LogP contribution in [-0.4, -0.2) is 15.7 Å². The lowest BCUT2D eigenvalue weighted by Gasteiger charge is -2.11. The minimum absolute atomic E-state index is 0.0498. The van der Waals surface area contributed by atoms with E-state index in [2.05, 4.69) is 10.4 Å². The number of carbonyl (C=O) groups is 1. The lowest BCUT2D eigenvalue weighted by Crippen LogP contribution is -2.23. The highest BCUT2D eigenvalue weighted by atomic mass is 35.5. The smallest absolute Gasteiger partial charge is 0.319 e. The standard InChI is InChI=1S/C13H9ClF3N3O2/c1-20-11(21)5-4-9(19-20)12(22)18-10-6-7(13(15,16)17)2-3-8(10)14/h2-6H,1H3,(H,18,22). The molecule has 22 heavy (non-hydrogen) atoms. The summed E-state index contributed by atoms with van der Waals surface area (Å²) in [7, 11) is 1.34. The van der Waals surface area contributed by atoms with Crippen LogP contribution in [0, 0.1) is 0 Å². The van der Waals surface area contributed by atoms with Crippen LogP contribution in [-0.2, 0) is 13.2 Å². The van der Waals surface area contributed by atoms with E-state index in [4.69, 9.17) is 11.6 Å². The molecule has 9 heteroatoms. The van der Waals surface area contributed by atoms with E-state index in [9.17, 15) is 22.8 Å². The van der Waals surface area contributed by atoms with Gasteiger partial charge in [-0.25, -0.2) is 4.68 Å². The highest BCUT2D eigenvalue weighted by molar-refractivity contribution is 6.33. The number of rotatable bonds is 2. The molecular formula is C13H9ClF3N3O2. The van der Waals surface area contributed by atoms with Gasteiger partial charge >= 0.3 is 6.18 Å². The van der Waals surface area contributed by atoms with Crippen molar-refractivity contribution in [1.29, 1.82) is 0 Å². The van der Waals surface area contributed by atoms with Crippen molar-refractivity contribution in [2.45, 2.75) is 6.18 Å². The van der Waals surface area contributed by atoms with Crippen molar-refractivity contribution in [3.05, 3.63) is 57.0 Å². The summed E-state index contributed by atoms with van der Waals surface area (Å²) in [5, 5.41) is 5.88. The Labute approximate surface area is 127 Å². The van der Waals surface area contributed by atoms with Gasteiger partial charge in [0.25, 0.3) is 11.5 Å². The molecule has 0 aliphatic heterocycles. The molecule has 116 valence electrons. The Morgan fingerprint density at radius 3 is 2.55 bits per heavy atom. The number of hydrogen-bond donors (Lipinski definition) is 1. The number of hydrogen-bond acceptors (Lipinski definition) is 3. The first-order valence-electron chi connectivity index (χ1n) is 5.91. The zero-order valence-corrected chi connectivity index (χ0v) is 11.9. The molecule has 0 spiro atoms. The molecule has 2 rings (SSSR count). The molecule has 5 nitrogen and oxygen atoms in total. The molecule has 1 heterocycles. The molecule has 1 aromatic carbocycles. The molecule has 0 aliphatic rings. The average molecular weight is 332 g/mol. The summed E-state index contributed by atoms with van der Waals surface area (Å²) < 4.78 is 38.9. The average Bonchev–Trinajstić information content (AvgIpc) is 2.43. The highest BCUT2D eigenvalue weighted by Gasteiger charge is 2.31. The van der Waals surface area contributed by atoms with Gasteiger partial charge < -0.3 is 5.32 Å². The number of benzene rings is 1. The maximum atomic E-state index is 12.7. The third kappa shape index (κ3) is 3.45. The zero-order valence-electron chi connectivity index (χ0n) is 11.1. The summed E-state index contributed by atoms with van der Waals surface area (Å²) >= 11 is 5.78. The summed E-state index contributed by atoms with van der Waals surface area (Å²) in [6, 6.07) is 4.85. The van der Waals surface area contributed by atoms with Crippen molar-refractivity contribution in [2.24, 2.45) is 7.05 Å². The SMILES string of the molecule is Cn1nc(C(=O)Nc2cc(C(F)(F)F)ccc2Cl)ccc1=O. The summed E-state index contributed by atoms with van der Waals surface area (Å²) in [4.78, 5) is 23.1. The van der Waals surface area contributed by atoms with Crippen LogP contribution in [0.15, 0.2) is 35.1 Å². The Morgan fingerprint density at radius 1 is 1.27 bits per heavy atom. The van der Waals surface area contributed by atoms with E-state index in [0.29, 0.717) is 0 Å². The van der Waals surface area contributed by atoms with Gasteiger partial charge in [0.05, 0.1) is 16.3 Å². The van der Waals surface area contributed by atoms with Crippen LogP contribution in [0.3, 0.4) is 0 Å². The van der Waals surface area contributed by atoms with Crippen LogP contribution in [0.4, 0.5) is 18.9 Å². The topological polar surface area (TPSA) is 64.0 Å². The van der Waals surface area contributed by atoms with Gasteiger partial charge in [-0.2, -0.15) is 18.3 Å². The summed E-state index contributed by atoms with van der Waals surface area (Å²) in [6.07, 6.45) is -4.56. The van der Waals surface area contributed by atoms with Crippen molar-refractivity contribution < 1.29 is 18.0 Å². The molecule has 0 saturated carbocycles. The molecule has 1 aromatic heterocycles. The van der Waals surface area contributed by atoms with Crippen LogP contribution in [0.25, 0.3) is 0 Å². The molecule has 2 aromatic rings. The van der Waals surface area contributed by atoms with E-state index in [1.807, 2.05) is 0 Å². The number of amides is 1. The number of aromatic nitrogens is 2. The van der Waals surface area contributed by atoms with E-state index in [-0.39, 0.29) is 16.4 Å². The van der Waals surface area contributed by atoms with E-state index in [0.717, 1.165) is 28.9 Å². The quantitative estimate of drug-likeness (QED) is 0.920. The molecule has 0 atom stereocenters. The summed E-state index contributed by atoms with van der Waals surface area (Å²) in [5.41, 5.74) is -1.69. The lowest BCUT2D eigenvalue weighted by molar-refractivity contribution is -0.137. The molecule has 0 aliphatic carbocycles. The fraction of sp³-hybridized carbons (Fsp3) is 0.154. The monoisotopic (exact) mass is 331 g/mol. The molecule has 1 N–H and O–H groups in total. The number of halogens is 4. The van der Waals surface area contributed by atoms with Crippen LogP contribution in [0.5, 0.6) is 0 Å². The first-order valence-corrected chi connectivity index (χ1v) is 6.29. The third-order valence-electron chi connectivity index (χ3n) is 2.73. The number of nitrogens with one attached hydrogen (secondary N) is 1. The van der Waals surface area contributed by atoms with E-state index >= 15 is 0 Å². The molecular weight excluding hydrogens is 323 g/mol. The molecule has 0 radical (unpaired) electrons. The first kappa shape index (κ1) is 16.0. The fourth-order valence-electron chi connectivity index (χ4n) is 1.61. The van der Waals surface area contributed by atoms with Crippen molar-refractivity contribution in [3.8, 4) is 0 Å². The van der Waals surface area contributed by atoms with Crippen molar-refractivity contribution >= 4 is 23.2 Å². The number of anilines is 1. The Balaban J connectivity index is 2.31. The van der Waals surface area contributed by atoms with Gasteiger partial charge in [-0.05, 0) is 24.3 Å². The van der Waals surface area contributed by atoms with Crippen LogP contribution in [0.2, 0.25) is 5.02 Å². The van der Waals surface area contributed by atoms with Gasteiger partial charge in [-0.3, -0.25) is 9.59 Å². The normalized spacial score (nSPS) is 11.3. The Hall–Kier alpha value is -2.35. The molecule has 1 amide bonds. The van der Waals surface area contributed by atoms with Gasteiger partial charge in [0.2, 0.25) is 0 Å². The highest BCUT2D eigenvalue weighted by Crippen LogP contribution is 2.33. The van der Waals surface area contributed by atoms with Gasteiger partial charge in [0, 0.05) is 13.1 Å². The van der Waals surface area contributed by atoms with Crippen LogP contribution in [0.1, 0.15) is 16.1 Å². The molecule has 0 bridgehead atoms. The maximum Gasteiger partial charge on any atom is 0.416 e. The second-order valence-electron chi connectivity index (χ2n) is 4.33. The Morgan fingerprint density at radius 2 is 1.95 bits per heavy atom. The van der Waals surface area contributed by atoms with Gasteiger partial charge in [-0.1, -0.05) is 11.6 Å². The fourth-order valence-corrected chi connectivity index (χ4v) is 1.77. The van der Waals surface area contributed by atoms with Crippen LogP contribution >= 0.6 is 11.6 Å². The maximum absolute atomic E-state index is 12.7. The molecule has 0 unspecified atom stereocenters. The third-order valence-corrected chi connectivity index (χ3v) is 3.06. The van der Waals surface area contributed by atoms with Gasteiger partial charge in [0.15, 0.2) is 0 Å². The van der Waals surface area contributed by atoms with E-state index in [1.54, 1.807) is 0 Å². The largest absolute Gasteiger partial charge is 0.416 e. The number of aryl methyl sites for hydroxylation is 1. The Kier molecular flexibility index (Phi) is 4.23. The summed E-state index contributed by atoms with van der Waals surface area (Å²) in [6.45, 7) is 0. The number of carbonyl (C=O) groups excluding carboxylic acids is 1.